The molecule has 0 amide bonds. The lowest BCUT2D eigenvalue weighted by atomic mass is 10.2. The van der Waals surface area contributed by atoms with E-state index in [0.29, 0.717) is 13.1 Å². The minimum Gasteiger partial charge on any atom is -0.313 e. The van der Waals surface area contributed by atoms with Gasteiger partial charge in [0.1, 0.15) is 10.7 Å². The van der Waals surface area contributed by atoms with Gasteiger partial charge in [-0.05, 0) is 42.2 Å². The van der Waals surface area contributed by atoms with Crippen LogP contribution in [0, 0.1) is 11.7 Å². The Morgan fingerprint density at radius 1 is 1.38 bits per heavy atom. The van der Waals surface area contributed by atoms with E-state index in [4.69, 9.17) is 0 Å². The van der Waals surface area contributed by atoms with Crippen LogP contribution in [0.1, 0.15) is 19.4 Å². The third-order valence-corrected chi connectivity index (χ3v) is 5.30. The van der Waals surface area contributed by atoms with Gasteiger partial charge in [-0.15, -0.1) is 0 Å². The van der Waals surface area contributed by atoms with Gasteiger partial charge in [0.2, 0.25) is 10.0 Å². The summed E-state index contributed by atoms with van der Waals surface area (Å²) >= 11 is 1.65. The van der Waals surface area contributed by atoms with Crippen molar-refractivity contribution in [3.8, 4) is 0 Å². The van der Waals surface area contributed by atoms with E-state index in [0.717, 1.165) is 17.9 Å². The SMILES string of the molecule is CCNCc1ccc(S(=O)(=O)NCC(C)CSC)c(F)c1. The summed E-state index contributed by atoms with van der Waals surface area (Å²) in [6.07, 6.45) is 1.97. The van der Waals surface area contributed by atoms with Gasteiger partial charge in [0.05, 0.1) is 0 Å². The molecule has 21 heavy (non-hydrogen) atoms. The van der Waals surface area contributed by atoms with E-state index in [-0.39, 0.29) is 10.8 Å². The minimum absolute atomic E-state index is 0.200. The maximum Gasteiger partial charge on any atom is 0.243 e. The van der Waals surface area contributed by atoms with E-state index < -0.39 is 15.8 Å². The molecular formula is C14H23FN2O2S2. The predicted octanol–water partition coefficient (Wildman–Crippen LogP) is 2.21. The van der Waals surface area contributed by atoms with Crippen LogP contribution in [-0.2, 0) is 16.6 Å². The van der Waals surface area contributed by atoms with Crippen LogP contribution < -0.4 is 10.0 Å². The van der Waals surface area contributed by atoms with Gasteiger partial charge in [0.25, 0.3) is 0 Å². The Labute approximate surface area is 131 Å². The second-order valence-corrected chi connectivity index (χ2v) is 7.60. The summed E-state index contributed by atoms with van der Waals surface area (Å²) in [6, 6.07) is 4.22. The third kappa shape index (κ3) is 5.94. The van der Waals surface area contributed by atoms with Crippen molar-refractivity contribution in [3.05, 3.63) is 29.6 Å². The summed E-state index contributed by atoms with van der Waals surface area (Å²) in [7, 11) is -3.80. The summed E-state index contributed by atoms with van der Waals surface area (Å²) in [5.41, 5.74) is 0.726. The van der Waals surface area contributed by atoms with Gasteiger partial charge in [-0.1, -0.05) is 19.9 Å². The molecule has 1 aromatic carbocycles. The predicted molar refractivity (Wildman–Crippen MR) is 86.5 cm³/mol. The van der Waals surface area contributed by atoms with Crippen LogP contribution in [0.15, 0.2) is 23.1 Å². The number of hydrogen-bond acceptors (Lipinski definition) is 4. The van der Waals surface area contributed by atoms with E-state index in [1.54, 1.807) is 17.8 Å². The minimum atomic E-state index is -3.80. The van der Waals surface area contributed by atoms with Gasteiger partial charge >= 0.3 is 0 Å². The Hall–Kier alpha value is -0.630. The smallest absolute Gasteiger partial charge is 0.243 e. The van der Waals surface area contributed by atoms with Crippen LogP contribution in [0.25, 0.3) is 0 Å². The number of nitrogens with one attached hydrogen (secondary N) is 2. The summed E-state index contributed by atoms with van der Waals surface area (Å²) in [4.78, 5) is -0.292. The number of sulfonamides is 1. The van der Waals surface area contributed by atoms with Crippen molar-refractivity contribution >= 4 is 21.8 Å². The fourth-order valence-electron chi connectivity index (χ4n) is 1.81. The molecule has 0 aliphatic rings. The van der Waals surface area contributed by atoms with Gasteiger partial charge in [-0.3, -0.25) is 0 Å². The molecule has 1 unspecified atom stereocenters. The molecule has 0 spiro atoms. The molecule has 0 aliphatic heterocycles. The molecule has 7 heteroatoms. The van der Waals surface area contributed by atoms with Crippen molar-refractivity contribution < 1.29 is 12.8 Å². The summed E-state index contributed by atoms with van der Waals surface area (Å²) in [6.45, 7) is 5.51. The average Bonchev–Trinajstić information content (AvgIpc) is 2.43. The van der Waals surface area contributed by atoms with Crippen molar-refractivity contribution in [1.29, 1.82) is 0 Å². The highest BCUT2D eigenvalue weighted by atomic mass is 32.2. The first-order valence-electron chi connectivity index (χ1n) is 6.88. The van der Waals surface area contributed by atoms with Crippen LogP contribution in [0.3, 0.4) is 0 Å². The highest BCUT2D eigenvalue weighted by Crippen LogP contribution is 2.16. The van der Waals surface area contributed by atoms with E-state index in [2.05, 4.69) is 10.0 Å². The van der Waals surface area contributed by atoms with E-state index >= 15 is 0 Å². The van der Waals surface area contributed by atoms with Crippen LogP contribution in [0.4, 0.5) is 4.39 Å². The zero-order valence-electron chi connectivity index (χ0n) is 12.6. The van der Waals surface area contributed by atoms with Crippen LogP contribution in [0.5, 0.6) is 0 Å². The molecule has 0 aromatic heterocycles. The maximum atomic E-state index is 14.0. The van der Waals surface area contributed by atoms with Crippen molar-refractivity contribution in [3.63, 3.8) is 0 Å². The normalized spacial score (nSPS) is 13.3. The monoisotopic (exact) mass is 334 g/mol. The van der Waals surface area contributed by atoms with Crippen LogP contribution in [0.2, 0.25) is 0 Å². The molecule has 1 aromatic rings. The summed E-state index contributed by atoms with van der Waals surface area (Å²) in [5, 5.41) is 3.07. The molecule has 0 heterocycles. The van der Waals surface area contributed by atoms with Crippen molar-refractivity contribution in [2.24, 2.45) is 5.92 Å². The first-order valence-corrected chi connectivity index (χ1v) is 9.76. The van der Waals surface area contributed by atoms with E-state index in [9.17, 15) is 12.8 Å². The number of rotatable bonds is 9. The van der Waals surface area contributed by atoms with Gasteiger partial charge in [0.15, 0.2) is 0 Å². The molecule has 120 valence electrons. The molecule has 0 saturated heterocycles. The Bertz CT molecular complexity index is 550. The Balaban J connectivity index is 2.78. The summed E-state index contributed by atoms with van der Waals surface area (Å²) in [5.74, 6) is 0.341. The molecule has 4 nitrogen and oxygen atoms in total. The number of benzene rings is 1. The lowest BCUT2D eigenvalue weighted by Crippen LogP contribution is -2.30. The second-order valence-electron chi connectivity index (χ2n) is 4.96. The standard InChI is InChI=1S/C14H23FN2O2S2/c1-4-16-9-12-5-6-14(13(15)7-12)21(18,19)17-8-11(2)10-20-3/h5-7,11,16-17H,4,8-10H2,1-3H3. The zero-order chi connectivity index (χ0) is 15.9. The van der Waals surface area contributed by atoms with Crippen molar-refractivity contribution in [2.75, 3.05) is 25.1 Å². The molecule has 1 rings (SSSR count). The number of thioether (sulfide) groups is 1. The van der Waals surface area contributed by atoms with Gasteiger partial charge in [-0.2, -0.15) is 11.8 Å². The lowest BCUT2D eigenvalue weighted by Gasteiger charge is -2.13. The molecule has 1 atom stereocenters. The molecule has 0 fully saturated rings. The Morgan fingerprint density at radius 2 is 2.10 bits per heavy atom. The maximum absolute atomic E-state index is 14.0. The molecule has 0 aliphatic carbocycles. The first-order chi connectivity index (χ1) is 9.90. The quantitative estimate of drug-likeness (QED) is 0.727. The first kappa shape index (κ1) is 18.4. The fraction of sp³-hybridized carbons (Fsp3) is 0.571. The molecular weight excluding hydrogens is 311 g/mol. The highest BCUT2D eigenvalue weighted by molar-refractivity contribution is 7.98. The Morgan fingerprint density at radius 3 is 2.67 bits per heavy atom. The van der Waals surface area contributed by atoms with E-state index in [1.807, 2.05) is 20.1 Å². The highest BCUT2D eigenvalue weighted by Gasteiger charge is 2.19. The van der Waals surface area contributed by atoms with Gasteiger partial charge < -0.3 is 5.32 Å². The van der Waals surface area contributed by atoms with Gasteiger partial charge in [0, 0.05) is 13.1 Å². The molecule has 0 saturated carbocycles. The molecule has 2 N–H and O–H groups in total. The van der Waals surface area contributed by atoms with Gasteiger partial charge in [-0.25, -0.2) is 17.5 Å². The number of hydrogen-bond donors (Lipinski definition) is 2. The molecule has 0 bridgehead atoms. The van der Waals surface area contributed by atoms with Crippen LogP contribution >= 0.6 is 11.8 Å². The largest absolute Gasteiger partial charge is 0.313 e. The topological polar surface area (TPSA) is 58.2 Å². The van der Waals surface area contributed by atoms with Crippen molar-refractivity contribution in [2.45, 2.75) is 25.3 Å². The Kier molecular flexibility index (Phi) is 7.65. The van der Waals surface area contributed by atoms with Crippen LogP contribution in [-0.4, -0.2) is 33.5 Å². The van der Waals surface area contributed by atoms with Crippen molar-refractivity contribution in [1.82, 2.24) is 10.0 Å². The third-order valence-electron chi connectivity index (χ3n) is 2.94. The fourth-order valence-corrected chi connectivity index (χ4v) is 3.72. The average molecular weight is 334 g/mol. The number of halogens is 1. The zero-order valence-corrected chi connectivity index (χ0v) is 14.3. The van der Waals surface area contributed by atoms with E-state index in [1.165, 1.54) is 12.1 Å². The lowest BCUT2D eigenvalue weighted by molar-refractivity contribution is 0.544. The second kappa shape index (κ2) is 8.73. The molecule has 0 radical (unpaired) electrons. The summed E-state index contributed by atoms with van der Waals surface area (Å²) < 4.78 is 40.7.